The van der Waals surface area contributed by atoms with Crippen LogP contribution in [0.15, 0.2) is 48.5 Å². The summed E-state index contributed by atoms with van der Waals surface area (Å²) in [4.78, 5) is 12.8. The van der Waals surface area contributed by atoms with Gasteiger partial charge in [0.1, 0.15) is 22.8 Å². The number of Topliss-reactive ketones (excluding diaryl/α,β-unsaturated/α-hetero) is 1. The molecule has 4 N–H and O–H groups in total. The maximum Gasteiger partial charge on any atom is 0.202 e. The van der Waals surface area contributed by atoms with Crippen molar-refractivity contribution in [3.05, 3.63) is 65.2 Å². The van der Waals surface area contributed by atoms with E-state index in [-0.39, 0.29) is 35.2 Å². The van der Waals surface area contributed by atoms with E-state index in [9.17, 15) is 25.2 Å². The number of ether oxygens (including phenoxy) is 5. The SMILES string of the molecule is COC[C@@H]1Oc2ccc([C@@H]3Oc4cc(O)cc(O)c4C(=O)[C@H]3O)cc2O[C@H]1c1ccc(O)c(OC)c1. The Hall–Kier alpha value is -4.15. The van der Waals surface area contributed by atoms with Gasteiger partial charge in [0.15, 0.2) is 47.4 Å². The molecule has 0 amide bonds. The van der Waals surface area contributed by atoms with Gasteiger partial charge in [0.25, 0.3) is 0 Å². The second-order valence-electron chi connectivity index (χ2n) is 8.47. The van der Waals surface area contributed by atoms with Gasteiger partial charge < -0.3 is 44.1 Å². The van der Waals surface area contributed by atoms with Crippen molar-refractivity contribution < 1.29 is 48.9 Å². The first-order chi connectivity index (χ1) is 17.3. The molecule has 188 valence electrons. The topological polar surface area (TPSA) is 144 Å². The molecule has 2 heterocycles. The van der Waals surface area contributed by atoms with Crippen LogP contribution in [0, 0.1) is 0 Å². The van der Waals surface area contributed by atoms with E-state index in [1.807, 2.05) is 0 Å². The average Bonchev–Trinajstić information content (AvgIpc) is 2.85. The molecule has 0 aromatic heterocycles. The van der Waals surface area contributed by atoms with Crippen molar-refractivity contribution >= 4 is 5.78 Å². The number of aliphatic hydroxyl groups excluding tert-OH is 1. The fraction of sp³-hybridized carbons (Fsp3) is 0.269. The number of rotatable bonds is 5. The Morgan fingerprint density at radius 1 is 0.806 bits per heavy atom. The van der Waals surface area contributed by atoms with Crippen LogP contribution in [0.2, 0.25) is 0 Å². The maximum atomic E-state index is 12.8. The molecule has 2 aliphatic heterocycles. The molecule has 36 heavy (non-hydrogen) atoms. The quantitative estimate of drug-likeness (QED) is 0.416. The largest absolute Gasteiger partial charge is 0.508 e. The number of hydrogen-bond acceptors (Lipinski definition) is 10. The maximum absolute atomic E-state index is 12.8. The molecule has 0 fully saturated rings. The average molecular weight is 496 g/mol. The van der Waals surface area contributed by atoms with Crippen molar-refractivity contribution in [3.8, 4) is 40.2 Å². The standard InChI is InChI=1S/C26H24O10/c1-32-11-21-25(12-3-5-15(28)18(7-12)33-2)35-19-8-13(4-6-17(19)34-21)26-24(31)23(30)22-16(29)9-14(27)10-20(22)36-26/h3-10,21,24-29,31H,11H2,1-2H3/t21-,24+,25-,26-/m0/s1. The number of carbonyl (C=O) groups excluding carboxylic acids is 1. The van der Waals surface area contributed by atoms with Gasteiger partial charge in [-0.25, -0.2) is 0 Å². The number of phenolic OH excluding ortho intramolecular Hbond substituents is 3. The highest BCUT2D eigenvalue weighted by molar-refractivity contribution is 6.05. The zero-order valence-corrected chi connectivity index (χ0v) is 19.4. The number of phenols is 3. The van der Waals surface area contributed by atoms with Crippen LogP contribution in [-0.2, 0) is 4.74 Å². The molecule has 10 nitrogen and oxygen atoms in total. The minimum atomic E-state index is -1.60. The van der Waals surface area contributed by atoms with Crippen LogP contribution in [0.25, 0.3) is 0 Å². The molecule has 0 radical (unpaired) electrons. The van der Waals surface area contributed by atoms with Gasteiger partial charge in [0, 0.05) is 24.8 Å². The van der Waals surface area contributed by atoms with Gasteiger partial charge in [0.05, 0.1) is 13.7 Å². The molecule has 10 heteroatoms. The summed E-state index contributed by atoms with van der Waals surface area (Å²) >= 11 is 0. The highest BCUT2D eigenvalue weighted by Crippen LogP contribution is 2.46. The van der Waals surface area contributed by atoms with Crippen LogP contribution in [0.3, 0.4) is 0 Å². The lowest BCUT2D eigenvalue weighted by Crippen LogP contribution is -2.37. The lowest BCUT2D eigenvalue weighted by Gasteiger charge is -2.35. The van der Waals surface area contributed by atoms with Gasteiger partial charge in [-0.3, -0.25) is 4.79 Å². The third-order valence-electron chi connectivity index (χ3n) is 6.15. The van der Waals surface area contributed by atoms with E-state index in [1.54, 1.807) is 37.4 Å². The van der Waals surface area contributed by atoms with Crippen molar-refractivity contribution in [3.63, 3.8) is 0 Å². The predicted molar refractivity (Wildman–Crippen MR) is 124 cm³/mol. The molecule has 3 aromatic rings. The van der Waals surface area contributed by atoms with Crippen molar-refractivity contribution in [1.82, 2.24) is 0 Å². The monoisotopic (exact) mass is 496 g/mol. The Balaban J connectivity index is 1.50. The summed E-state index contributed by atoms with van der Waals surface area (Å²) in [6.07, 6.45) is -3.87. The number of hydrogen-bond donors (Lipinski definition) is 4. The van der Waals surface area contributed by atoms with Gasteiger partial charge in [-0.1, -0.05) is 12.1 Å². The van der Waals surface area contributed by atoms with Crippen LogP contribution in [-0.4, -0.2) is 59.2 Å². The van der Waals surface area contributed by atoms with Crippen LogP contribution < -0.4 is 18.9 Å². The number of aromatic hydroxyl groups is 3. The Bertz CT molecular complexity index is 1320. The summed E-state index contributed by atoms with van der Waals surface area (Å²) in [7, 11) is 2.99. The van der Waals surface area contributed by atoms with Crippen molar-refractivity contribution in [2.24, 2.45) is 0 Å². The zero-order chi connectivity index (χ0) is 25.6. The summed E-state index contributed by atoms with van der Waals surface area (Å²) in [6, 6.07) is 11.9. The highest BCUT2D eigenvalue weighted by Gasteiger charge is 2.40. The molecule has 0 saturated heterocycles. The Morgan fingerprint density at radius 2 is 1.53 bits per heavy atom. The Labute approximate surface area is 205 Å². The first-order valence-corrected chi connectivity index (χ1v) is 11.1. The molecule has 5 rings (SSSR count). The normalized spacial score (nSPS) is 22.5. The molecule has 0 spiro atoms. The van der Waals surface area contributed by atoms with Crippen LogP contribution in [0.1, 0.15) is 33.7 Å². The fourth-order valence-corrected chi connectivity index (χ4v) is 4.43. The Morgan fingerprint density at radius 3 is 2.28 bits per heavy atom. The Kier molecular flexibility index (Phi) is 5.99. The van der Waals surface area contributed by atoms with Gasteiger partial charge >= 0.3 is 0 Å². The number of methoxy groups -OCH3 is 2. The summed E-state index contributed by atoms with van der Waals surface area (Å²) in [5.74, 6) is -0.526. The lowest BCUT2D eigenvalue weighted by atomic mass is 9.92. The zero-order valence-electron chi connectivity index (χ0n) is 19.4. The third-order valence-corrected chi connectivity index (χ3v) is 6.15. The molecule has 0 aliphatic carbocycles. The van der Waals surface area contributed by atoms with Gasteiger partial charge in [-0.15, -0.1) is 0 Å². The molecule has 0 unspecified atom stereocenters. The van der Waals surface area contributed by atoms with E-state index < -0.39 is 35.9 Å². The summed E-state index contributed by atoms with van der Waals surface area (Å²) in [6.45, 7) is 0.220. The minimum Gasteiger partial charge on any atom is -0.508 e. The molecular formula is C26H24O10. The highest BCUT2D eigenvalue weighted by atomic mass is 16.6. The van der Waals surface area contributed by atoms with Gasteiger partial charge in [0.2, 0.25) is 5.78 Å². The van der Waals surface area contributed by atoms with Crippen molar-refractivity contribution in [1.29, 1.82) is 0 Å². The first kappa shape index (κ1) is 23.6. The molecule has 2 aliphatic rings. The van der Waals surface area contributed by atoms with E-state index in [0.717, 1.165) is 6.07 Å². The summed E-state index contributed by atoms with van der Waals surface area (Å²) in [5, 5.41) is 40.5. The van der Waals surface area contributed by atoms with Crippen LogP contribution in [0.5, 0.6) is 40.2 Å². The van der Waals surface area contributed by atoms with Crippen LogP contribution in [0.4, 0.5) is 0 Å². The fourth-order valence-electron chi connectivity index (χ4n) is 4.43. The molecule has 0 bridgehead atoms. The minimum absolute atomic E-state index is 0.0191. The molecule has 3 aromatic carbocycles. The number of carbonyl (C=O) groups is 1. The van der Waals surface area contributed by atoms with E-state index in [4.69, 9.17) is 23.7 Å². The first-order valence-electron chi connectivity index (χ1n) is 11.1. The summed E-state index contributed by atoms with van der Waals surface area (Å²) in [5.41, 5.74) is 0.892. The second-order valence-corrected chi connectivity index (χ2v) is 8.47. The van der Waals surface area contributed by atoms with E-state index in [0.29, 0.717) is 22.6 Å². The van der Waals surface area contributed by atoms with E-state index in [2.05, 4.69) is 0 Å². The number of benzene rings is 3. The van der Waals surface area contributed by atoms with Gasteiger partial charge in [-0.2, -0.15) is 0 Å². The van der Waals surface area contributed by atoms with Crippen molar-refractivity contribution in [2.45, 2.75) is 24.4 Å². The van der Waals surface area contributed by atoms with Gasteiger partial charge in [-0.05, 0) is 29.8 Å². The number of ketones is 1. The van der Waals surface area contributed by atoms with E-state index in [1.165, 1.54) is 19.2 Å². The smallest absolute Gasteiger partial charge is 0.202 e. The summed E-state index contributed by atoms with van der Waals surface area (Å²) < 4.78 is 28.8. The second kappa shape index (κ2) is 9.14. The molecular weight excluding hydrogens is 472 g/mol. The van der Waals surface area contributed by atoms with E-state index >= 15 is 0 Å². The number of aliphatic hydroxyl groups is 1. The number of fused-ring (bicyclic) bond motifs is 2. The van der Waals surface area contributed by atoms with Crippen LogP contribution >= 0.6 is 0 Å². The predicted octanol–water partition coefficient (Wildman–Crippen LogP) is 3.02. The third kappa shape index (κ3) is 4.00. The lowest BCUT2D eigenvalue weighted by molar-refractivity contribution is -0.0244. The molecule has 4 atom stereocenters. The molecule has 0 saturated carbocycles. The van der Waals surface area contributed by atoms with Crippen molar-refractivity contribution in [2.75, 3.05) is 20.8 Å².